The van der Waals surface area contributed by atoms with Gasteiger partial charge in [-0.1, -0.05) is 77.9 Å². The second-order valence-electron chi connectivity index (χ2n) is 16.7. The Morgan fingerprint density at radius 1 is 0.333 bits per heavy atom. The quantitative estimate of drug-likeness (QED) is 0.156. The van der Waals surface area contributed by atoms with Gasteiger partial charge in [0.2, 0.25) is 0 Å². The van der Waals surface area contributed by atoms with Gasteiger partial charge in [-0.2, -0.15) is 0 Å². The standard InChI is InChI=1S/C56H37BN2O4/c1-34-16-20-38(21-17-34)58(36-10-5-3-6-11-36)40-24-26-42-44-30-54-46(32-52(44)62-50(42)28-40)57-47-33-53-45(31-55(47)61-49-15-9-14-48(60-54)56(49)57)43-27-25-41(29-51(43)63-53)59(37-12-7-4-8-13-37)39-22-18-35(2)19-23-39/h3-33H,1-2H3. The molecule has 0 atom stereocenters. The van der Waals surface area contributed by atoms with E-state index in [-0.39, 0.29) is 6.71 Å². The third-order valence-electron chi connectivity index (χ3n) is 12.7. The molecule has 298 valence electrons. The van der Waals surface area contributed by atoms with Gasteiger partial charge in [-0.05, 0) is 134 Å². The zero-order valence-corrected chi connectivity index (χ0v) is 34.5. The lowest BCUT2D eigenvalue weighted by Crippen LogP contribution is -2.57. The van der Waals surface area contributed by atoms with Crippen LogP contribution in [0.5, 0.6) is 23.0 Å². The van der Waals surface area contributed by atoms with Gasteiger partial charge in [0.25, 0.3) is 6.71 Å². The lowest BCUT2D eigenvalue weighted by Gasteiger charge is -2.32. The average Bonchev–Trinajstić information content (AvgIpc) is 3.86. The molecule has 2 aromatic heterocycles. The van der Waals surface area contributed by atoms with Crippen molar-refractivity contribution in [2.24, 2.45) is 0 Å². The van der Waals surface area contributed by atoms with Crippen molar-refractivity contribution in [2.45, 2.75) is 13.8 Å². The van der Waals surface area contributed by atoms with Crippen molar-refractivity contribution >= 4 is 101 Å². The first-order valence-electron chi connectivity index (χ1n) is 21.3. The Balaban J connectivity index is 0.935. The lowest BCUT2D eigenvalue weighted by atomic mass is 9.35. The third-order valence-corrected chi connectivity index (χ3v) is 12.7. The zero-order chi connectivity index (χ0) is 41.8. The molecule has 7 heteroatoms. The van der Waals surface area contributed by atoms with Crippen LogP contribution in [0.3, 0.4) is 0 Å². The summed E-state index contributed by atoms with van der Waals surface area (Å²) in [5, 5.41) is 4.06. The molecule has 0 spiro atoms. The highest BCUT2D eigenvalue weighted by Gasteiger charge is 2.41. The predicted octanol–water partition coefficient (Wildman–Crippen LogP) is 13.8. The number of anilines is 6. The fourth-order valence-corrected chi connectivity index (χ4v) is 9.66. The van der Waals surface area contributed by atoms with E-state index in [2.05, 4.69) is 181 Å². The van der Waals surface area contributed by atoms with E-state index in [9.17, 15) is 0 Å². The summed E-state index contributed by atoms with van der Waals surface area (Å²) in [6, 6.07) is 65.8. The van der Waals surface area contributed by atoms with Crippen LogP contribution in [0, 0.1) is 13.8 Å². The van der Waals surface area contributed by atoms with Gasteiger partial charge in [-0.25, -0.2) is 0 Å². The largest absolute Gasteiger partial charge is 0.458 e. The fourth-order valence-electron chi connectivity index (χ4n) is 9.66. The number of nitrogens with zero attached hydrogens (tertiary/aromatic N) is 2. The molecule has 9 aromatic carbocycles. The summed E-state index contributed by atoms with van der Waals surface area (Å²) in [6.07, 6.45) is 0. The zero-order valence-electron chi connectivity index (χ0n) is 34.5. The smallest absolute Gasteiger partial charge is 0.261 e. The van der Waals surface area contributed by atoms with Crippen molar-refractivity contribution in [1.29, 1.82) is 0 Å². The van der Waals surface area contributed by atoms with Crippen LogP contribution in [0.25, 0.3) is 43.9 Å². The van der Waals surface area contributed by atoms with Gasteiger partial charge in [0.15, 0.2) is 0 Å². The second-order valence-corrected chi connectivity index (χ2v) is 16.7. The Labute approximate surface area is 363 Å². The number of para-hydroxylation sites is 2. The van der Waals surface area contributed by atoms with Gasteiger partial charge in [0, 0.05) is 73.3 Å². The van der Waals surface area contributed by atoms with Crippen molar-refractivity contribution in [3.63, 3.8) is 0 Å². The van der Waals surface area contributed by atoms with Crippen molar-refractivity contribution in [2.75, 3.05) is 9.80 Å². The molecule has 4 heterocycles. The summed E-state index contributed by atoms with van der Waals surface area (Å²) in [5.41, 5.74) is 15.0. The third kappa shape index (κ3) is 5.66. The number of furan rings is 2. The molecule has 0 unspecified atom stereocenters. The molecule has 2 aliphatic heterocycles. The number of ether oxygens (including phenoxy) is 2. The minimum absolute atomic E-state index is 0.171. The monoisotopic (exact) mass is 812 g/mol. The molecule has 0 N–H and O–H groups in total. The van der Waals surface area contributed by atoms with E-state index in [1.165, 1.54) is 11.1 Å². The molecular formula is C56H37BN2O4. The second kappa shape index (κ2) is 13.7. The van der Waals surface area contributed by atoms with Crippen LogP contribution >= 0.6 is 0 Å². The molecule has 6 nitrogen and oxygen atoms in total. The minimum Gasteiger partial charge on any atom is -0.458 e. The van der Waals surface area contributed by atoms with Crippen molar-refractivity contribution in [3.8, 4) is 23.0 Å². The normalized spacial score (nSPS) is 12.5. The molecule has 63 heavy (non-hydrogen) atoms. The van der Waals surface area contributed by atoms with E-state index in [4.69, 9.17) is 18.3 Å². The predicted molar refractivity (Wildman–Crippen MR) is 258 cm³/mol. The van der Waals surface area contributed by atoms with Crippen molar-refractivity contribution in [3.05, 3.63) is 199 Å². The first kappa shape index (κ1) is 35.6. The summed E-state index contributed by atoms with van der Waals surface area (Å²) >= 11 is 0. The van der Waals surface area contributed by atoms with Crippen molar-refractivity contribution in [1.82, 2.24) is 0 Å². The molecule has 0 saturated heterocycles. The first-order valence-corrected chi connectivity index (χ1v) is 21.3. The Kier molecular flexibility index (Phi) is 7.73. The van der Waals surface area contributed by atoms with Crippen LogP contribution in [-0.4, -0.2) is 6.71 Å². The minimum atomic E-state index is -0.171. The van der Waals surface area contributed by atoms with Crippen LogP contribution in [0.1, 0.15) is 11.1 Å². The molecular weight excluding hydrogens is 775 g/mol. The van der Waals surface area contributed by atoms with Crippen LogP contribution < -0.4 is 35.7 Å². The Morgan fingerprint density at radius 3 is 1.17 bits per heavy atom. The van der Waals surface area contributed by atoms with E-state index in [0.717, 1.165) is 117 Å². The summed E-state index contributed by atoms with van der Waals surface area (Å²) in [6.45, 7) is 4.05. The number of hydrogen-bond acceptors (Lipinski definition) is 6. The number of fused-ring (bicyclic) bond motifs is 10. The SMILES string of the molecule is Cc1ccc(N(c2ccccc2)c2ccc3c(c2)oc2cc4c(cc23)Oc2cccc3c2B4c2cc4oc5cc(N(c6ccccc6)c6ccc(C)cc6)ccc5c4cc2O3)cc1. The van der Waals surface area contributed by atoms with Crippen LogP contribution in [-0.2, 0) is 0 Å². The lowest BCUT2D eigenvalue weighted by molar-refractivity contribution is 0.465. The molecule has 13 rings (SSSR count). The van der Waals surface area contributed by atoms with E-state index in [0.29, 0.717) is 0 Å². The molecule has 0 amide bonds. The van der Waals surface area contributed by atoms with Gasteiger partial charge in [-0.15, -0.1) is 0 Å². The van der Waals surface area contributed by atoms with Crippen LogP contribution in [0.15, 0.2) is 197 Å². The maximum Gasteiger partial charge on any atom is 0.261 e. The molecule has 0 aliphatic carbocycles. The maximum absolute atomic E-state index is 6.79. The molecule has 2 aliphatic rings. The Hall–Kier alpha value is -8.16. The highest BCUT2D eigenvalue weighted by molar-refractivity contribution is 6.98. The summed E-state index contributed by atoms with van der Waals surface area (Å²) in [5.74, 6) is 3.17. The summed E-state index contributed by atoms with van der Waals surface area (Å²) in [7, 11) is 0. The molecule has 0 saturated carbocycles. The Morgan fingerprint density at radius 2 is 0.730 bits per heavy atom. The molecule has 0 radical (unpaired) electrons. The fraction of sp³-hybridized carbons (Fsp3) is 0.0357. The molecule has 11 aromatic rings. The van der Waals surface area contributed by atoms with E-state index >= 15 is 0 Å². The molecule has 0 bridgehead atoms. The van der Waals surface area contributed by atoms with Gasteiger partial charge in [0.1, 0.15) is 45.3 Å². The maximum atomic E-state index is 6.79. The van der Waals surface area contributed by atoms with Gasteiger partial charge in [-0.3, -0.25) is 0 Å². The van der Waals surface area contributed by atoms with E-state index < -0.39 is 0 Å². The average molecular weight is 813 g/mol. The van der Waals surface area contributed by atoms with E-state index in [1.54, 1.807) is 0 Å². The number of rotatable bonds is 6. The van der Waals surface area contributed by atoms with Gasteiger partial charge in [0.05, 0.1) is 0 Å². The van der Waals surface area contributed by atoms with E-state index in [1.807, 2.05) is 30.3 Å². The Bertz CT molecular complexity index is 3360. The van der Waals surface area contributed by atoms with Crippen LogP contribution in [0.4, 0.5) is 34.1 Å². The van der Waals surface area contributed by atoms with Crippen LogP contribution in [0.2, 0.25) is 0 Å². The summed E-state index contributed by atoms with van der Waals surface area (Å²) < 4.78 is 27.1. The first-order chi connectivity index (χ1) is 31.0. The number of hydrogen-bond donors (Lipinski definition) is 0. The number of aryl methyl sites for hydroxylation is 2. The van der Waals surface area contributed by atoms with Gasteiger partial charge < -0.3 is 28.1 Å². The summed E-state index contributed by atoms with van der Waals surface area (Å²) in [4.78, 5) is 4.53. The molecule has 0 fully saturated rings. The van der Waals surface area contributed by atoms with Crippen molar-refractivity contribution < 1.29 is 18.3 Å². The highest BCUT2D eigenvalue weighted by atomic mass is 16.5. The number of benzene rings is 9. The van der Waals surface area contributed by atoms with Gasteiger partial charge >= 0.3 is 0 Å². The highest BCUT2D eigenvalue weighted by Crippen LogP contribution is 2.43. The topological polar surface area (TPSA) is 51.2 Å².